The molecule has 2 amide bonds. The maximum atomic E-state index is 13.0. The van der Waals surface area contributed by atoms with Gasteiger partial charge in [-0.1, -0.05) is 12.1 Å². The quantitative estimate of drug-likeness (QED) is 0.827. The Morgan fingerprint density at radius 1 is 1.30 bits per heavy atom. The van der Waals surface area contributed by atoms with E-state index in [4.69, 9.17) is 5.73 Å². The van der Waals surface area contributed by atoms with Crippen molar-refractivity contribution in [3.05, 3.63) is 35.5 Å². The summed E-state index contributed by atoms with van der Waals surface area (Å²) in [7, 11) is 0. The van der Waals surface area contributed by atoms with Gasteiger partial charge in [-0.2, -0.15) is 13.2 Å². The lowest BCUT2D eigenvalue weighted by atomic mass is 9.99. The van der Waals surface area contributed by atoms with Crippen LogP contribution in [-0.4, -0.2) is 35.1 Å². The number of alkyl halides is 3. The molecule has 2 aliphatic heterocycles. The summed E-state index contributed by atoms with van der Waals surface area (Å²) in [5.41, 5.74) is 6.40. The molecule has 2 bridgehead atoms. The molecule has 2 aliphatic rings. The third-order valence-electron chi connectivity index (χ3n) is 5.03. The number of aromatic nitrogens is 2. The summed E-state index contributed by atoms with van der Waals surface area (Å²) in [4.78, 5) is 24.5. The van der Waals surface area contributed by atoms with Gasteiger partial charge >= 0.3 is 12.2 Å². The molecule has 1 aromatic heterocycles. The molecule has 0 spiro atoms. The van der Waals surface area contributed by atoms with Gasteiger partial charge in [0.05, 0.1) is 17.3 Å². The highest BCUT2D eigenvalue weighted by atomic mass is 19.4. The minimum Gasteiger partial charge on any atom is -0.365 e. The maximum Gasteiger partial charge on any atom is 0.416 e. The van der Waals surface area contributed by atoms with Gasteiger partial charge in [0.2, 0.25) is 0 Å². The molecule has 2 aromatic rings. The van der Waals surface area contributed by atoms with Crippen LogP contribution in [0.1, 0.15) is 24.1 Å². The molecule has 0 saturated carbocycles. The first-order valence-electron chi connectivity index (χ1n) is 8.65. The lowest BCUT2D eigenvalue weighted by Gasteiger charge is -2.45. The minimum atomic E-state index is -4.46. The number of urea groups is 1. The zero-order valence-electron chi connectivity index (χ0n) is 14.6. The van der Waals surface area contributed by atoms with Crippen LogP contribution in [0.15, 0.2) is 24.3 Å². The Morgan fingerprint density at radius 2 is 2.07 bits per heavy atom. The number of nitrogens with zero attached hydrogens (tertiary/aromatic N) is 4. The maximum absolute atomic E-state index is 13.0. The van der Waals surface area contributed by atoms with E-state index in [0.29, 0.717) is 18.1 Å². The molecule has 1 saturated heterocycles. The fourth-order valence-electron chi connectivity index (χ4n) is 3.88. The van der Waals surface area contributed by atoms with E-state index in [9.17, 15) is 18.0 Å². The molecule has 0 unspecified atom stereocenters. The SMILES string of the molecule is Cc1nc(-c2cccc(C(F)(F)F)c2)nc2c1N1CCC[C@@H](C1)N2C(N)=O. The van der Waals surface area contributed by atoms with E-state index in [1.807, 2.05) is 0 Å². The predicted octanol–water partition coefficient (Wildman–Crippen LogP) is 3.34. The van der Waals surface area contributed by atoms with Crippen molar-refractivity contribution in [1.29, 1.82) is 0 Å². The number of amides is 2. The van der Waals surface area contributed by atoms with Crippen LogP contribution in [0.5, 0.6) is 0 Å². The van der Waals surface area contributed by atoms with Gasteiger partial charge in [-0.25, -0.2) is 14.8 Å². The van der Waals surface area contributed by atoms with E-state index in [-0.39, 0.29) is 17.4 Å². The lowest BCUT2D eigenvalue weighted by Crippen LogP contribution is -2.56. The molecule has 0 radical (unpaired) electrons. The zero-order valence-corrected chi connectivity index (χ0v) is 14.6. The fraction of sp³-hybridized carbons (Fsp3) is 0.389. The van der Waals surface area contributed by atoms with Crippen molar-refractivity contribution < 1.29 is 18.0 Å². The zero-order chi connectivity index (χ0) is 19.3. The molecule has 1 atom stereocenters. The van der Waals surface area contributed by atoms with Crippen LogP contribution in [-0.2, 0) is 6.18 Å². The number of hydrogen-bond donors (Lipinski definition) is 1. The first kappa shape index (κ1) is 17.6. The number of hydrogen-bond acceptors (Lipinski definition) is 4. The number of fused-ring (bicyclic) bond motifs is 4. The van der Waals surface area contributed by atoms with Crippen molar-refractivity contribution in [2.24, 2.45) is 5.73 Å². The second kappa shape index (κ2) is 6.11. The van der Waals surface area contributed by atoms with Crippen molar-refractivity contribution in [2.75, 3.05) is 22.9 Å². The van der Waals surface area contributed by atoms with E-state index in [1.165, 1.54) is 17.0 Å². The van der Waals surface area contributed by atoms with Gasteiger partial charge in [-0.15, -0.1) is 0 Å². The highest BCUT2D eigenvalue weighted by Gasteiger charge is 2.39. The molecule has 27 heavy (non-hydrogen) atoms. The summed E-state index contributed by atoms with van der Waals surface area (Å²) in [5.74, 6) is 0.517. The summed E-state index contributed by atoms with van der Waals surface area (Å²) in [5, 5.41) is 0. The van der Waals surface area contributed by atoms with E-state index < -0.39 is 17.8 Å². The van der Waals surface area contributed by atoms with Crippen LogP contribution in [0.2, 0.25) is 0 Å². The largest absolute Gasteiger partial charge is 0.416 e. The molecule has 142 valence electrons. The summed E-state index contributed by atoms with van der Waals surface area (Å²) >= 11 is 0. The summed E-state index contributed by atoms with van der Waals surface area (Å²) in [6.45, 7) is 3.25. The predicted molar refractivity (Wildman–Crippen MR) is 94.5 cm³/mol. The number of anilines is 2. The normalized spacial score (nSPS) is 19.0. The van der Waals surface area contributed by atoms with E-state index in [2.05, 4.69) is 14.9 Å². The van der Waals surface area contributed by atoms with E-state index in [1.54, 1.807) is 6.92 Å². The smallest absolute Gasteiger partial charge is 0.365 e. The summed E-state index contributed by atoms with van der Waals surface area (Å²) in [6, 6.07) is 4.15. The van der Waals surface area contributed by atoms with Gasteiger partial charge in [-0.05, 0) is 31.9 Å². The first-order valence-corrected chi connectivity index (χ1v) is 8.65. The molecule has 3 heterocycles. The monoisotopic (exact) mass is 377 g/mol. The van der Waals surface area contributed by atoms with Crippen LogP contribution in [0.3, 0.4) is 0 Å². The Hall–Kier alpha value is -2.84. The molecule has 1 fully saturated rings. The highest BCUT2D eigenvalue weighted by Crippen LogP contribution is 2.40. The Balaban J connectivity index is 1.87. The second-order valence-corrected chi connectivity index (χ2v) is 6.83. The number of halogens is 3. The lowest BCUT2D eigenvalue weighted by molar-refractivity contribution is -0.137. The fourth-order valence-corrected chi connectivity index (χ4v) is 3.88. The van der Waals surface area contributed by atoms with Gasteiger partial charge in [0.25, 0.3) is 0 Å². The number of carbonyl (C=O) groups is 1. The van der Waals surface area contributed by atoms with Crippen LogP contribution in [0.25, 0.3) is 11.4 Å². The third kappa shape index (κ3) is 2.96. The number of carbonyl (C=O) groups excluding carboxylic acids is 1. The molecule has 9 heteroatoms. The van der Waals surface area contributed by atoms with Crippen LogP contribution < -0.4 is 15.5 Å². The molecule has 2 N–H and O–H groups in total. The van der Waals surface area contributed by atoms with Gasteiger partial charge in [0.1, 0.15) is 5.69 Å². The molecule has 6 nitrogen and oxygen atoms in total. The number of nitrogens with two attached hydrogens (primary N) is 1. The van der Waals surface area contributed by atoms with Crippen molar-refractivity contribution in [2.45, 2.75) is 32.0 Å². The summed E-state index contributed by atoms with van der Waals surface area (Å²) in [6.07, 6.45) is -2.73. The average Bonchev–Trinajstić information content (AvgIpc) is 2.60. The molecule has 4 rings (SSSR count). The summed E-state index contributed by atoms with van der Waals surface area (Å²) < 4.78 is 39.1. The number of benzene rings is 1. The number of aryl methyl sites for hydroxylation is 1. The standard InChI is InChI=1S/C18H18F3N5O/c1-10-14-16(26(17(22)27)13-6-3-7-25(14)9-13)24-15(23-10)11-4-2-5-12(8-11)18(19,20)21/h2,4-5,8,13H,3,6-7,9H2,1H3,(H2,22,27)/t13-/m0/s1. The highest BCUT2D eigenvalue weighted by molar-refractivity contribution is 5.96. The molecule has 1 aromatic carbocycles. The van der Waals surface area contributed by atoms with Gasteiger partial charge < -0.3 is 10.6 Å². The van der Waals surface area contributed by atoms with Crippen molar-refractivity contribution in [3.63, 3.8) is 0 Å². The number of piperidine rings is 1. The van der Waals surface area contributed by atoms with Gasteiger partial charge in [0.15, 0.2) is 11.6 Å². The van der Waals surface area contributed by atoms with Crippen molar-refractivity contribution in [1.82, 2.24) is 9.97 Å². The van der Waals surface area contributed by atoms with Crippen LogP contribution in [0.4, 0.5) is 29.5 Å². The Morgan fingerprint density at radius 3 is 2.78 bits per heavy atom. The molecular weight excluding hydrogens is 359 g/mol. The topological polar surface area (TPSA) is 75.3 Å². The number of primary amides is 1. The number of rotatable bonds is 1. The van der Waals surface area contributed by atoms with Gasteiger partial charge in [-0.3, -0.25) is 4.90 Å². The van der Waals surface area contributed by atoms with E-state index >= 15 is 0 Å². The molecule has 0 aliphatic carbocycles. The van der Waals surface area contributed by atoms with Crippen LogP contribution >= 0.6 is 0 Å². The average molecular weight is 377 g/mol. The minimum absolute atomic E-state index is 0.0904. The first-order chi connectivity index (χ1) is 12.8. The van der Waals surface area contributed by atoms with Gasteiger partial charge in [0, 0.05) is 18.7 Å². The van der Waals surface area contributed by atoms with E-state index in [0.717, 1.165) is 37.2 Å². The van der Waals surface area contributed by atoms with Crippen LogP contribution in [0, 0.1) is 6.92 Å². The van der Waals surface area contributed by atoms with Crippen molar-refractivity contribution in [3.8, 4) is 11.4 Å². The third-order valence-corrected chi connectivity index (χ3v) is 5.03. The Bertz CT molecular complexity index is 914. The Kier molecular flexibility index (Phi) is 3.97. The molecular formula is C18H18F3N5O. The Labute approximate surface area is 153 Å². The van der Waals surface area contributed by atoms with Crippen molar-refractivity contribution >= 4 is 17.5 Å². The second-order valence-electron chi connectivity index (χ2n) is 6.83.